The fourth-order valence-corrected chi connectivity index (χ4v) is 3.65. The molecule has 1 fully saturated rings. The van der Waals surface area contributed by atoms with Crippen LogP contribution in [0.1, 0.15) is 38.1 Å². The summed E-state index contributed by atoms with van der Waals surface area (Å²) in [6.45, 7) is 8.75. The first-order valence-corrected chi connectivity index (χ1v) is 10.7. The summed E-state index contributed by atoms with van der Waals surface area (Å²) < 4.78 is 28.5. The molecule has 0 amide bonds. The number of piperidine rings is 1. The van der Waals surface area contributed by atoms with E-state index >= 15 is 0 Å². The summed E-state index contributed by atoms with van der Waals surface area (Å²) in [6, 6.07) is 4.47. The molecule has 0 spiro atoms. The Morgan fingerprint density at radius 1 is 1.19 bits per heavy atom. The molecule has 172 valence electrons. The molecule has 1 aromatic carbocycles. The highest BCUT2D eigenvalue weighted by Gasteiger charge is 2.20. The van der Waals surface area contributed by atoms with Crippen molar-refractivity contribution in [3.05, 3.63) is 47.5 Å². The number of aromatic nitrogens is 3. The largest absolute Gasteiger partial charge is 0.357 e. The molecule has 1 saturated heterocycles. The van der Waals surface area contributed by atoms with Gasteiger partial charge in [-0.3, -0.25) is 9.89 Å². The Bertz CT molecular complexity index is 835. The van der Waals surface area contributed by atoms with Crippen LogP contribution >= 0.6 is 24.0 Å². The van der Waals surface area contributed by atoms with Crippen molar-refractivity contribution in [1.82, 2.24) is 30.3 Å². The molecule has 1 aliphatic rings. The summed E-state index contributed by atoms with van der Waals surface area (Å²) in [6.07, 6.45) is 4.54. The standard InChI is InChI=1S/C21H31F2N7.HI/c1-3-20-28-26-15-30(20)12-9-25-21(24-4-2)27-17-7-10-29(11-8-17)14-16-5-6-18(22)19(23)13-16;/h5-6,13,15,17H,3-4,7-12,14H2,1-2H3,(H2,24,25,27);1H. The molecule has 0 saturated carbocycles. The van der Waals surface area contributed by atoms with Crippen molar-refractivity contribution in [1.29, 1.82) is 0 Å². The minimum atomic E-state index is -0.799. The predicted octanol–water partition coefficient (Wildman–Crippen LogP) is 2.96. The van der Waals surface area contributed by atoms with E-state index in [9.17, 15) is 8.78 Å². The van der Waals surface area contributed by atoms with Crippen LogP contribution in [0.3, 0.4) is 0 Å². The highest BCUT2D eigenvalue weighted by Crippen LogP contribution is 2.16. The fourth-order valence-electron chi connectivity index (χ4n) is 3.65. The second-order valence-corrected chi connectivity index (χ2v) is 7.50. The number of nitrogens with one attached hydrogen (secondary N) is 2. The zero-order valence-electron chi connectivity index (χ0n) is 18.2. The predicted molar refractivity (Wildman–Crippen MR) is 129 cm³/mol. The SMILES string of the molecule is CCNC(=NCCn1cnnc1CC)NC1CCN(Cc2ccc(F)c(F)c2)CC1.I. The minimum absolute atomic E-state index is 0. The van der Waals surface area contributed by atoms with Crippen LogP contribution in [-0.2, 0) is 19.5 Å². The van der Waals surface area contributed by atoms with Crippen molar-refractivity contribution in [2.75, 3.05) is 26.2 Å². The van der Waals surface area contributed by atoms with Crippen LogP contribution in [0.2, 0.25) is 0 Å². The zero-order chi connectivity index (χ0) is 21.3. The summed E-state index contributed by atoms with van der Waals surface area (Å²) in [5.41, 5.74) is 0.802. The quantitative estimate of drug-likeness (QED) is 0.302. The molecule has 2 aromatic rings. The van der Waals surface area contributed by atoms with E-state index in [4.69, 9.17) is 0 Å². The fraction of sp³-hybridized carbons (Fsp3) is 0.571. The van der Waals surface area contributed by atoms with Crippen LogP contribution in [0, 0.1) is 11.6 Å². The Kier molecular flexibility index (Phi) is 10.6. The lowest BCUT2D eigenvalue weighted by molar-refractivity contribution is 0.198. The Balaban J connectivity index is 0.00000341. The highest BCUT2D eigenvalue weighted by molar-refractivity contribution is 14.0. The lowest BCUT2D eigenvalue weighted by atomic mass is 10.0. The Morgan fingerprint density at radius 3 is 2.65 bits per heavy atom. The van der Waals surface area contributed by atoms with Gasteiger partial charge in [-0.1, -0.05) is 13.0 Å². The number of guanidine groups is 1. The van der Waals surface area contributed by atoms with Crippen LogP contribution in [0.15, 0.2) is 29.5 Å². The van der Waals surface area contributed by atoms with Gasteiger partial charge in [0.2, 0.25) is 0 Å². The van der Waals surface area contributed by atoms with Crippen molar-refractivity contribution in [2.45, 2.75) is 52.2 Å². The van der Waals surface area contributed by atoms with Gasteiger partial charge < -0.3 is 15.2 Å². The summed E-state index contributed by atoms with van der Waals surface area (Å²) in [5.74, 6) is 0.208. The van der Waals surface area contributed by atoms with Crippen LogP contribution in [0.25, 0.3) is 0 Å². The maximum absolute atomic E-state index is 13.4. The van der Waals surface area contributed by atoms with E-state index in [0.29, 0.717) is 19.1 Å². The topological polar surface area (TPSA) is 70.4 Å². The third-order valence-corrected chi connectivity index (χ3v) is 5.29. The summed E-state index contributed by atoms with van der Waals surface area (Å²) in [5, 5.41) is 14.9. The van der Waals surface area contributed by atoms with Gasteiger partial charge in [0, 0.05) is 45.2 Å². The smallest absolute Gasteiger partial charge is 0.191 e. The second kappa shape index (κ2) is 12.9. The minimum Gasteiger partial charge on any atom is -0.357 e. The van der Waals surface area contributed by atoms with E-state index in [2.05, 4.69) is 44.6 Å². The third kappa shape index (κ3) is 7.67. The Labute approximate surface area is 199 Å². The van der Waals surface area contributed by atoms with Crippen molar-refractivity contribution < 1.29 is 8.78 Å². The van der Waals surface area contributed by atoms with Crippen LogP contribution in [0.4, 0.5) is 8.78 Å². The summed E-state index contributed by atoms with van der Waals surface area (Å²) >= 11 is 0. The molecule has 7 nitrogen and oxygen atoms in total. The molecule has 1 aliphatic heterocycles. The number of aliphatic imine (C=N–C) groups is 1. The van der Waals surface area contributed by atoms with Gasteiger partial charge in [0.15, 0.2) is 17.6 Å². The molecule has 2 N–H and O–H groups in total. The van der Waals surface area contributed by atoms with Gasteiger partial charge in [0.05, 0.1) is 6.54 Å². The number of benzene rings is 1. The van der Waals surface area contributed by atoms with Crippen molar-refractivity contribution in [3.8, 4) is 0 Å². The molecule has 1 aromatic heterocycles. The monoisotopic (exact) mass is 547 g/mol. The van der Waals surface area contributed by atoms with E-state index in [1.807, 2.05) is 4.57 Å². The molecule has 0 bridgehead atoms. The maximum Gasteiger partial charge on any atom is 0.191 e. The number of halogens is 3. The van der Waals surface area contributed by atoms with Crippen molar-refractivity contribution >= 4 is 29.9 Å². The normalized spacial score (nSPS) is 15.5. The molecular formula is C21H32F2IN7. The van der Waals surface area contributed by atoms with Gasteiger partial charge in [-0.05, 0) is 37.5 Å². The third-order valence-electron chi connectivity index (χ3n) is 5.29. The Hall–Kier alpha value is -1.82. The Morgan fingerprint density at radius 2 is 1.97 bits per heavy atom. The average Bonchev–Trinajstić information content (AvgIpc) is 3.20. The van der Waals surface area contributed by atoms with Gasteiger partial charge in [-0.25, -0.2) is 8.78 Å². The number of likely N-dealkylation sites (tertiary alicyclic amines) is 1. The number of hydrogen-bond donors (Lipinski definition) is 2. The van der Waals surface area contributed by atoms with E-state index in [1.54, 1.807) is 12.4 Å². The number of rotatable bonds is 8. The second-order valence-electron chi connectivity index (χ2n) is 7.50. The van der Waals surface area contributed by atoms with Crippen molar-refractivity contribution in [3.63, 3.8) is 0 Å². The first-order valence-electron chi connectivity index (χ1n) is 10.7. The van der Waals surface area contributed by atoms with Crippen LogP contribution in [-0.4, -0.2) is 57.8 Å². The molecule has 0 atom stereocenters. The van der Waals surface area contributed by atoms with Gasteiger partial charge in [0.1, 0.15) is 12.2 Å². The molecule has 0 unspecified atom stereocenters. The average molecular weight is 547 g/mol. The number of nitrogens with zero attached hydrogens (tertiary/aromatic N) is 5. The van der Waals surface area contributed by atoms with Crippen LogP contribution in [0.5, 0.6) is 0 Å². The zero-order valence-corrected chi connectivity index (χ0v) is 20.5. The van der Waals surface area contributed by atoms with Gasteiger partial charge >= 0.3 is 0 Å². The molecule has 2 heterocycles. The first kappa shape index (κ1) is 25.4. The van der Waals surface area contributed by atoms with Crippen molar-refractivity contribution in [2.24, 2.45) is 4.99 Å². The molecule has 3 rings (SSSR count). The van der Waals surface area contributed by atoms with Gasteiger partial charge in [-0.2, -0.15) is 0 Å². The highest BCUT2D eigenvalue weighted by atomic mass is 127. The van der Waals surface area contributed by atoms with Gasteiger partial charge in [-0.15, -0.1) is 34.2 Å². The lowest BCUT2D eigenvalue weighted by Gasteiger charge is -2.33. The molecular weight excluding hydrogens is 515 g/mol. The van der Waals surface area contributed by atoms with Crippen LogP contribution < -0.4 is 10.6 Å². The molecule has 31 heavy (non-hydrogen) atoms. The molecule has 0 radical (unpaired) electrons. The molecule has 10 heteroatoms. The van der Waals surface area contributed by atoms with E-state index < -0.39 is 11.6 Å². The number of aryl methyl sites for hydroxylation is 1. The van der Waals surface area contributed by atoms with E-state index in [-0.39, 0.29) is 24.0 Å². The number of hydrogen-bond acceptors (Lipinski definition) is 4. The van der Waals surface area contributed by atoms with E-state index in [0.717, 1.165) is 62.8 Å². The molecule has 0 aliphatic carbocycles. The first-order chi connectivity index (χ1) is 14.6. The lowest BCUT2D eigenvalue weighted by Crippen LogP contribution is -2.48. The summed E-state index contributed by atoms with van der Waals surface area (Å²) in [4.78, 5) is 6.96. The maximum atomic E-state index is 13.4. The van der Waals surface area contributed by atoms with Gasteiger partial charge in [0.25, 0.3) is 0 Å². The van der Waals surface area contributed by atoms with E-state index in [1.165, 1.54) is 12.1 Å². The summed E-state index contributed by atoms with van der Waals surface area (Å²) in [7, 11) is 0.